The molecule has 0 radical (unpaired) electrons. The van der Waals surface area contributed by atoms with E-state index in [0.29, 0.717) is 32.6 Å². The lowest BCUT2D eigenvalue weighted by Gasteiger charge is -2.36. The van der Waals surface area contributed by atoms with Crippen LogP contribution >= 0.6 is 11.3 Å². The largest absolute Gasteiger partial charge is 0.445 e. The molecule has 5 rings (SSSR count). The number of carbonyl (C=O) groups is 2. The number of para-hydroxylation sites is 1. The first-order valence-electron chi connectivity index (χ1n) is 11.6. The maximum Gasteiger partial charge on any atom is 0.408 e. The van der Waals surface area contributed by atoms with Gasteiger partial charge in [-0.3, -0.25) is 4.79 Å². The standard InChI is InChI=1S/C26H27N5O3S/c32-24(30-11-13-31(14-12-30)25-27-10-15-35-25)23(16-20-17-28-22-9-5-4-8-21(20)22)29-26(33)34-18-19-6-2-1-3-7-19/h1-10,15,17,23,28H,11-14,16,18H2,(H,29,33). The molecule has 1 fully saturated rings. The summed E-state index contributed by atoms with van der Waals surface area (Å²) in [6, 6.07) is 16.7. The van der Waals surface area contributed by atoms with Crippen molar-refractivity contribution in [1.29, 1.82) is 0 Å². The lowest BCUT2D eigenvalue weighted by Crippen LogP contribution is -2.55. The third kappa shape index (κ3) is 5.46. The molecular formula is C26H27N5O3S. The van der Waals surface area contributed by atoms with Crippen LogP contribution in [0.15, 0.2) is 72.4 Å². The first-order chi connectivity index (χ1) is 17.2. The molecule has 0 saturated carbocycles. The number of piperazine rings is 1. The van der Waals surface area contributed by atoms with E-state index in [1.807, 2.05) is 71.1 Å². The number of aromatic amines is 1. The molecule has 1 aliphatic rings. The molecule has 3 heterocycles. The van der Waals surface area contributed by atoms with Crippen LogP contribution in [-0.4, -0.2) is 59.1 Å². The summed E-state index contributed by atoms with van der Waals surface area (Å²) in [6.45, 7) is 2.70. The van der Waals surface area contributed by atoms with E-state index in [2.05, 4.69) is 20.2 Å². The molecule has 1 atom stereocenters. The molecule has 2 aromatic carbocycles. The van der Waals surface area contributed by atoms with Gasteiger partial charge in [0, 0.05) is 61.3 Å². The van der Waals surface area contributed by atoms with Gasteiger partial charge in [-0.25, -0.2) is 9.78 Å². The normalized spacial score (nSPS) is 14.6. The lowest BCUT2D eigenvalue weighted by atomic mass is 10.0. The van der Waals surface area contributed by atoms with Gasteiger partial charge in [-0.05, 0) is 17.2 Å². The molecule has 35 heavy (non-hydrogen) atoms. The fourth-order valence-corrected chi connectivity index (χ4v) is 5.03. The maximum atomic E-state index is 13.6. The molecular weight excluding hydrogens is 462 g/mol. The van der Waals surface area contributed by atoms with E-state index in [1.54, 1.807) is 17.5 Å². The van der Waals surface area contributed by atoms with Crippen LogP contribution in [0.5, 0.6) is 0 Å². The van der Waals surface area contributed by atoms with Crippen molar-refractivity contribution < 1.29 is 14.3 Å². The van der Waals surface area contributed by atoms with Crippen LogP contribution in [0.4, 0.5) is 9.93 Å². The Bertz CT molecular complexity index is 1270. The van der Waals surface area contributed by atoms with Crippen LogP contribution in [0.25, 0.3) is 10.9 Å². The van der Waals surface area contributed by atoms with Crippen LogP contribution in [-0.2, 0) is 22.6 Å². The van der Waals surface area contributed by atoms with Gasteiger partial charge in [0.1, 0.15) is 12.6 Å². The minimum atomic E-state index is -0.733. The zero-order valence-corrected chi connectivity index (χ0v) is 20.0. The van der Waals surface area contributed by atoms with Crippen molar-refractivity contribution in [3.8, 4) is 0 Å². The number of nitrogens with one attached hydrogen (secondary N) is 2. The average molecular weight is 490 g/mol. The molecule has 9 heteroatoms. The Labute approximate surface area is 207 Å². The van der Waals surface area contributed by atoms with Crippen molar-refractivity contribution in [2.75, 3.05) is 31.1 Å². The Balaban J connectivity index is 1.28. The summed E-state index contributed by atoms with van der Waals surface area (Å²) in [6.07, 6.45) is 3.46. The second-order valence-electron chi connectivity index (χ2n) is 8.45. The maximum absolute atomic E-state index is 13.6. The first kappa shape index (κ1) is 22.9. The lowest BCUT2D eigenvalue weighted by molar-refractivity contribution is -0.133. The van der Waals surface area contributed by atoms with Crippen LogP contribution in [0.1, 0.15) is 11.1 Å². The van der Waals surface area contributed by atoms with Gasteiger partial charge in [0.25, 0.3) is 0 Å². The molecule has 1 saturated heterocycles. The van der Waals surface area contributed by atoms with E-state index in [1.165, 1.54) is 0 Å². The number of fused-ring (bicyclic) bond motifs is 1. The summed E-state index contributed by atoms with van der Waals surface area (Å²) in [5, 5.41) is 6.80. The van der Waals surface area contributed by atoms with E-state index in [0.717, 1.165) is 27.2 Å². The quantitative estimate of drug-likeness (QED) is 0.412. The zero-order valence-electron chi connectivity index (χ0n) is 19.2. The number of benzene rings is 2. The minimum Gasteiger partial charge on any atom is -0.445 e. The minimum absolute atomic E-state index is 0.106. The molecule has 2 amide bonds. The number of alkyl carbamates (subject to hydrolysis) is 1. The molecule has 1 unspecified atom stereocenters. The van der Waals surface area contributed by atoms with Crippen molar-refractivity contribution in [3.05, 3.63) is 83.5 Å². The van der Waals surface area contributed by atoms with Gasteiger partial charge in [0.05, 0.1) is 0 Å². The van der Waals surface area contributed by atoms with Gasteiger partial charge >= 0.3 is 6.09 Å². The summed E-state index contributed by atoms with van der Waals surface area (Å²) in [5.41, 5.74) is 2.86. The summed E-state index contributed by atoms with van der Waals surface area (Å²) in [4.78, 5) is 37.9. The molecule has 8 nitrogen and oxygen atoms in total. The average Bonchev–Trinajstić information content (AvgIpc) is 3.58. The van der Waals surface area contributed by atoms with Crippen molar-refractivity contribution in [2.45, 2.75) is 19.1 Å². The number of thiazole rings is 1. The Kier molecular flexibility index (Phi) is 6.94. The van der Waals surface area contributed by atoms with E-state index in [4.69, 9.17) is 4.74 Å². The summed E-state index contributed by atoms with van der Waals surface area (Å²) >= 11 is 1.60. The van der Waals surface area contributed by atoms with Gasteiger partial charge in [-0.2, -0.15) is 0 Å². The molecule has 0 bridgehead atoms. The van der Waals surface area contributed by atoms with E-state index in [-0.39, 0.29) is 12.5 Å². The van der Waals surface area contributed by atoms with Gasteiger partial charge in [0.15, 0.2) is 5.13 Å². The second kappa shape index (κ2) is 10.6. The topological polar surface area (TPSA) is 90.6 Å². The van der Waals surface area contributed by atoms with Gasteiger partial charge in [-0.15, -0.1) is 11.3 Å². The smallest absolute Gasteiger partial charge is 0.408 e. The third-order valence-corrected chi connectivity index (χ3v) is 7.02. The number of hydrogen-bond donors (Lipinski definition) is 2. The number of hydrogen-bond acceptors (Lipinski definition) is 6. The number of H-pyrrole nitrogens is 1. The Morgan fingerprint density at radius 2 is 1.83 bits per heavy atom. The number of anilines is 1. The highest BCUT2D eigenvalue weighted by molar-refractivity contribution is 7.13. The number of carbonyl (C=O) groups excluding carboxylic acids is 2. The molecule has 4 aromatic rings. The third-order valence-electron chi connectivity index (χ3n) is 6.18. The summed E-state index contributed by atoms with van der Waals surface area (Å²) < 4.78 is 5.43. The molecule has 180 valence electrons. The number of nitrogens with zero attached hydrogens (tertiary/aromatic N) is 3. The highest BCUT2D eigenvalue weighted by Crippen LogP contribution is 2.22. The zero-order chi connectivity index (χ0) is 24.0. The molecule has 2 aromatic heterocycles. The van der Waals surface area contributed by atoms with Crippen LogP contribution in [0.2, 0.25) is 0 Å². The number of rotatable bonds is 7. The van der Waals surface area contributed by atoms with Crippen LogP contribution in [0, 0.1) is 0 Å². The van der Waals surface area contributed by atoms with Crippen molar-refractivity contribution >= 4 is 39.4 Å². The van der Waals surface area contributed by atoms with Gasteiger partial charge in [0.2, 0.25) is 5.91 Å². The number of ether oxygens (including phenoxy) is 1. The highest BCUT2D eigenvalue weighted by Gasteiger charge is 2.30. The number of amides is 2. The SMILES string of the molecule is O=C(NC(Cc1c[nH]c2ccccc12)C(=O)N1CCN(c2nccs2)CC1)OCc1ccccc1. The Hall–Kier alpha value is -3.85. The Morgan fingerprint density at radius 1 is 1.06 bits per heavy atom. The van der Waals surface area contributed by atoms with E-state index in [9.17, 15) is 9.59 Å². The van der Waals surface area contributed by atoms with Crippen LogP contribution < -0.4 is 10.2 Å². The molecule has 2 N–H and O–H groups in total. The predicted molar refractivity (Wildman–Crippen MR) is 136 cm³/mol. The molecule has 1 aliphatic heterocycles. The van der Waals surface area contributed by atoms with E-state index >= 15 is 0 Å². The fourth-order valence-electron chi connectivity index (χ4n) is 4.34. The van der Waals surface area contributed by atoms with Gasteiger partial charge in [-0.1, -0.05) is 48.5 Å². The summed E-state index contributed by atoms with van der Waals surface area (Å²) in [5.74, 6) is -0.106. The van der Waals surface area contributed by atoms with Crippen LogP contribution in [0.3, 0.4) is 0 Å². The second-order valence-corrected chi connectivity index (χ2v) is 9.32. The van der Waals surface area contributed by atoms with Crippen molar-refractivity contribution in [2.24, 2.45) is 0 Å². The van der Waals surface area contributed by atoms with Gasteiger partial charge < -0.3 is 24.8 Å². The first-order valence-corrected chi connectivity index (χ1v) is 12.5. The fraction of sp³-hybridized carbons (Fsp3) is 0.269. The Morgan fingerprint density at radius 3 is 2.60 bits per heavy atom. The molecule has 0 aliphatic carbocycles. The highest BCUT2D eigenvalue weighted by atomic mass is 32.1. The van der Waals surface area contributed by atoms with Crippen molar-refractivity contribution in [3.63, 3.8) is 0 Å². The van der Waals surface area contributed by atoms with E-state index < -0.39 is 12.1 Å². The monoisotopic (exact) mass is 489 g/mol. The summed E-state index contributed by atoms with van der Waals surface area (Å²) in [7, 11) is 0. The van der Waals surface area contributed by atoms with Crippen molar-refractivity contribution in [1.82, 2.24) is 20.2 Å². The molecule has 0 spiro atoms. The predicted octanol–water partition coefficient (Wildman–Crippen LogP) is 3.81. The number of aromatic nitrogens is 2.